The van der Waals surface area contributed by atoms with Crippen LogP contribution in [0, 0.1) is 11.8 Å². The number of anilines is 1. The number of fused-ring (bicyclic) bond motifs is 1. The molecule has 1 unspecified atom stereocenters. The van der Waals surface area contributed by atoms with Crippen LogP contribution in [0.3, 0.4) is 0 Å². The molecule has 2 nitrogen and oxygen atoms in total. The summed E-state index contributed by atoms with van der Waals surface area (Å²) < 4.78 is 0. The van der Waals surface area contributed by atoms with Crippen LogP contribution in [0.5, 0.6) is 0 Å². The molecule has 0 spiro atoms. The third-order valence-corrected chi connectivity index (χ3v) is 5.08. The predicted octanol–water partition coefficient (Wildman–Crippen LogP) is 5.41. The molecule has 132 valence electrons. The van der Waals surface area contributed by atoms with E-state index < -0.39 is 0 Å². The van der Waals surface area contributed by atoms with Crippen molar-refractivity contribution in [2.24, 2.45) is 0 Å². The Kier molecular flexibility index (Phi) is 4.96. The molecule has 3 aromatic carbocycles. The maximum absolute atomic E-state index is 13.1. The van der Waals surface area contributed by atoms with E-state index in [0.717, 1.165) is 22.4 Å². The van der Waals surface area contributed by atoms with E-state index in [-0.39, 0.29) is 11.8 Å². The average Bonchev–Trinajstić information content (AvgIpc) is 2.96. The highest BCUT2D eigenvalue weighted by Gasteiger charge is 2.36. The van der Waals surface area contributed by atoms with Gasteiger partial charge in [0.05, 0.1) is 17.5 Å². The van der Waals surface area contributed by atoms with Gasteiger partial charge in [-0.3, -0.25) is 4.79 Å². The van der Waals surface area contributed by atoms with Gasteiger partial charge in [-0.05, 0) is 29.3 Å². The number of rotatable bonds is 3. The smallest absolute Gasteiger partial charge is 0.235 e. The van der Waals surface area contributed by atoms with Gasteiger partial charge in [-0.25, -0.2) is 0 Å². The van der Waals surface area contributed by atoms with Crippen LogP contribution in [0.1, 0.15) is 29.0 Å². The molecule has 3 heteroatoms. The standard InChI is InChI=1S/C24H18ClNO/c25-22-15-6-4-11-19(22)12-8-14-21-20-13-5-7-16-23(20)26(24(21)27)17-18-9-2-1-3-10-18/h1-7,9-11,13,15-16,21H,14,17H2. The number of para-hydroxylation sites is 1. The maximum atomic E-state index is 13.1. The first kappa shape index (κ1) is 17.4. The fourth-order valence-corrected chi connectivity index (χ4v) is 3.59. The number of amides is 1. The number of nitrogens with zero attached hydrogens (tertiary/aromatic N) is 1. The molecule has 1 atom stereocenters. The van der Waals surface area contributed by atoms with Crippen molar-refractivity contribution >= 4 is 23.2 Å². The van der Waals surface area contributed by atoms with E-state index in [2.05, 4.69) is 11.8 Å². The summed E-state index contributed by atoms with van der Waals surface area (Å²) in [4.78, 5) is 15.0. The van der Waals surface area contributed by atoms with Gasteiger partial charge in [-0.15, -0.1) is 0 Å². The van der Waals surface area contributed by atoms with Crippen LogP contribution in [0.25, 0.3) is 0 Å². The molecule has 0 aromatic heterocycles. The lowest BCUT2D eigenvalue weighted by Crippen LogP contribution is -2.28. The molecular formula is C24H18ClNO. The minimum Gasteiger partial charge on any atom is -0.307 e. The number of hydrogen-bond donors (Lipinski definition) is 0. The van der Waals surface area contributed by atoms with Crippen LogP contribution in [-0.4, -0.2) is 5.91 Å². The van der Waals surface area contributed by atoms with Gasteiger partial charge in [0.1, 0.15) is 0 Å². The number of benzene rings is 3. The Morgan fingerprint density at radius 2 is 1.59 bits per heavy atom. The van der Waals surface area contributed by atoms with E-state index in [4.69, 9.17) is 11.6 Å². The highest BCUT2D eigenvalue weighted by atomic mass is 35.5. The van der Waals surface area contributed by atoms with Crippen LogP contribution in [0.4, 0.5) is 5.69 Å². The quantitative estimate of drug-likeness (QED) is 0.563. The van der Waals surface area contributed by atoms with E-state index in [9.17, 15) is 4.79 Å². The number of carbonyl (C=O) groups is 1. The molecule has 1 aliphatic heterocycles. The summed E-state index contributed by atoms with van der Waals surface area (Å²) in [6.45, 7) is 0.575. The zero-order valence-corrected chi connectivity index (χ0v) is 15.5. The molecule has 0 aliphatic carbocycles. The Balaban J connectivity index is 1.59. The lowest BCUT2D eigenvalue weighted by atomic mass is 9.97. The first-order chi connectivity index (χ1) is 13.2. The minimum absolute atomic E-state index is 0.105. The Bertz CT molecular complexity index is 1030. The summed E-state index contributed by atoms with van der Waals surface area (Å²) in [6.07, 6.45) is 0.479. The molecule has 0 N–H and O–H groups in total. The average molecular weight is 372 g/mol. The molecule has 1 aliphatic rings. The van der Waals surface area contributed by atoms with E-state index in [1.165, 1.54) is 0 Å². The van der Waals surface area contributed by atoms with Crippen molar-refractivity contribution in [2.45, 2.75) is 18.9 Å². The first-order valence-electron chi connectivity index (χ1n) is 8.91. The Hall–Kier alpha value is -3.02. The zero-order valence-electron chi connectivity index (χ0n) is 14.7. The Morgan fingerprint density at radius 3 is 2.41 bits per heavy atom. The van der Waals surface area contributed by atoms with Crippen molar-refractivity contribution in [1.29, 1.82) is 0 Å². The number of halogens is 1. The first-order valence-corrected chi connectivity index (χ1v) is 9.29. The molecule has 1 amide bonds. The molecule has 0 radical (unpaired) electrons. The van der Waals surface area contributed by atoms with Gasteiger partial charge in [-0.1, -0.05) is 84.1 Å². The van der Waals surface area contributed by atoms with Crippen LogP contribution < -0.4 is 4.90 Å². The lowest BCUT2D eigenvalue weighted by Gasteiger charge is -2.18. The highest BCUT2D eigenvalue weighted by molar-refractivity contribution is 6.31. The summed E-state index contributed by atoms with van der Waals surface area (Å²) >= 11 is 6.17. The van der Waals surface area contributed by atoms with Gasteiger partial charge in [0.15, 0.2) is 0 Å². The number of carbonyl (C=O) groups excluding carboxylic acids is 1. The van der Waals surface area contributed by atoms with Crippen molar-refractivity contribution in [3.8, 4) is 11.8 Å². The van der Waals surface area contributed by atoms with Gasteiger partial charge < -0.3 is 4.90 Å². The summed E-state index contributed by atoms with van der Waals surface area (Å²) in [5, 5.41) is 0.633. The van der Waals surface area contributed by atoms with E-state index in [1.54, 1.807) is 0 Å². The molecule has 27 heavy (non-hydrogen) atoms. The van der Waals surface area contributed by atoms with Gasteiger partial charge >= 0.3 is 0 Å². The Labute approximate surface area is 164 Å². The van der Waals surface area contributed by atoms with Crippen molar-refractivity contribution in [1.82, 2.24) is 0 Å². The largest absolute Gasteiger partial charge is 0.307 e. The van der Waals surface area contributed by atoms with Crippen molar-refractivity contribution in [2.75, 3.05) is 4.90 Å². The summed E-state index contributed by atoms with van der Waals surface area (Å²) in [5.41, 5.74) is 3.94. The van der Waals surface area contributed by atoms with Gasteiger partial charge in [0.25, 0.3) is 0 Å². The van der Waals surface area contributed by atoms with Crippen LogP contribution in [0.2, 0.25) is 5.02 Å². The highest BCUT2D eigenvalue weighted by Crippen LogP contribution is 2.39. The van der Waals surface area contributed by atoms with E-state index >= 15 is 0 Å². The molecule has 0 saturated heterocycles. The summed E-state index contributed by atoms with van der Waals surface area (Å²) in [6, 6.07) is 25.6. The second kappa shape index (κ2) is 7.70. The minimum atomic E-state index is -0.236. The second-order valence-electron chi connectivity index (χ2n) is 6.51. The van der Waals surface area contributed by atoms with Gasteiger partial charge in [0, 0.05) is 17.7 Å². The van der Waals surface area contributed by atoms with E-state index in [1.807, 2.05) is 83.8 Å². The van der Waals surface area contributed by atoms with Crippen LogP contribution in [-0.2, 0) is 11.3 Å². The molecule has 1 heterocycles. The number of hydrogen-bond acceptors (Lipinski definition) is 1. The summed E-state index contributed by atoms with van der Waals surface area (Å²) in [5.74, 6) is 6.13. The molecule has 0 bridgehead atoms. The van der Waals surface area contributed by atoms with Crippen molar-refractivity contribution in [3.63, 3.8) is 0 Å². The topological polar surface area (TPSA) is 20.3 Å². The summed E-state index contributed by atoms with van der Waals surface area (Å²) in [7, 11) is 0. The molecule has 3 aromatic rings. The SMILES string of the molecule is O=C1C(CC#Cc2ccccc2Cl)c2ccccc2N1Cc1ccccc1. The third-order valence-electron chi connectivity index (χ3n) is 4.75. The van der Waals surface area contributed by atoms with Gasteiger partial charge in [-0.2, -0.15) is 0 Å². The van der Waals surface area contributed by atoms with Gasteiger partial charge in [0.2, 0.25) is 5.91 Å². The van der Waals surface area contributed by atoms with Crippen LogP contribution in [0.15, 0.2) is 78.9 Å². The molecule has 0 saturated carbocycles. The fourth-order valence-electron chi connectivity index (χ4n) is 3.41. The lowest BCUT2D eigenvalue weighted by molar-refractivity contribution is -0.119. The van der Waals surface area contributed by atoms with Crippen molar-refractivity contribution < 1.29 is 4.79 Å². The fraction of sp³-hybridized carbons (Fsp3) is 0.125. The normalized spacial score (nSPS) is 15.2. The van der Waals surface area contributed by atoms with E-state index in [0.29, 0.717) is 18.0 Å². The maximum Gasteiger partial charge on any atom is 0.235 e. The van der Waals surface area contributed by atoms with Crippen molar-refractivity contribution in [3.05, 3.63) is 101 Å². The second-order valence-corrected chi connectivity index (χ2v) is 6.91. The zero-order chi connectivity index (χ0) is 18.6. The molecular weight excluding hydrogens is 354 g/mol. The monoisotopic (exact) mass is 371 g/mol. The predicted molar refractivity (Wildman–Crippen MR) is 110 cm³/mol. The third kappa shape index (κ3) is 3.60. The van der Waals surface area contributed by atoms with Crippen LogP contribution >= 0.6 is 11.6 Å². The molecule has 0 fully saturated rings. The molecule has 4 rings (SSSR count). The Morgan fingerprint density at radius 1 is 0.889 bits per heavy atom.